The number of halogens is 2. The van der Waals surface area contributed by atoms with Gasteiger partial charge in [0.05, 0.1) is 15.8 Å². The van der Waals surface area contributed by atoms with Crippen molar-refractivity contribution in [3.05, 3.63) is 58.3 Å². The van der Waals surface area contributed by atoms with Crippen molar-refractivity contribution >= 4 is 27.3 Å². The number of hydrogen-bond donors (Lipinski definition) is 1. The number of anilines is 2. The minimum Gasteiger partial charge on any atom is -0.397 e. The van der Waals surface area contributed by atoms with Crippen molar-refractivity contribution in [2.45, 2.75) is 6.54 Å². The predicted octanol–water partition coefficient (Wildman–Crippen LogP) is 3.81. The van der Waals surface area contributed by atoms with E-state index in [4.69, 9.17) is 5.73 Å². The van der Waals surface area contributed by atoms with E-state index in [0.717, 1.165) is 11.3 Å². The van der Waals surface area contributed by atoms with Crippen LogP contribution in [-0.4, -0.2) is 7.05 Å². The van der Waals surface area contributed by atoms with Crippen molar-refractivity contribution in [1.29, 1.82) is 0 Å². The van der Waals surface area contributed by atoms with Gasteiger partial charge >= 0.3 is 0 Å². The Balaban J connectivity index is 2.24. The first-order valence-corrected chi connectivity index (χ1v) is 6.37. The fourth-order valence-corrected chi connectivity index (χ4v) is 2.24. The summed E-state index contributed by atoms with van der Waals surface area (Å²) in [5.41, 5.74) is 8.46. The molecule has 0 bridgehead atoms. The molecule has 94 valence electrons. The van der Waals surface area contributed by atoms with Gasteiger partial charge in [-0.15, -0.1) is 0 Å². The average molecular weight is 309 g/mol. The van der Waals surface area contributed by atoms with Gasteiger partial charge in [0.25, 0.3) is 0 Å². The number of rotatable bonds is 3. The molecule has 2 nitrogen and oxygen atoms in total. The van der Waals surface area contributed by atoms with E-state index in [9.17, 15) is 4.39 Å². The fourth-order valence-electron chi connectivity index (χ4n) is 1.85. The lowest BCUT2D eigenvalue weighted by Crippen LogP contribution is -2.18. The first-order valence-electron chi connectivity index (χ1n) is 5.58. The third-order valence-electron chi connectivity index (χ3n) is 2.79. The molecule has 0 aliphatic heterocycles. The zero-order valence-corrected chi connectivity index (χ0v) is 11.6. The summed E-state index contributed by atoms with van der Waals surface area (Å²) in [5, 5.41) is 0. The van der Waals surface area contributed by atoms with Gasteiger partial charge in [-0.2, -0.15) is 0 Å². The molecular weight excluding hydrogens is 295 g/mol. The molecule has 2 aromatic carbocycles. The van der Waals surface area contributed by atoms with Crippen molar-refractivity contribution < 1.29 is 4.39 Å². The summed E-state index contributed by atoms with van der Waals surface area (Å²) in [6.45, 7) is 0.590. The van der Waals surface area contributed by atoms with Crippen LogP contribution in [0, 0.1) is 5.82 Å². The van der Waals surface area contributed by atoms with E-state index in [1.54, 1.807) is 6.07 Å². The molecule has 0 aliphatic rings. The van der Waals surface area contributed by atoms with Crippen molar-refractivity contribution in [3.8, 4) is 0 Å². The van der Waals surface area contributed by atoms with E-state index in [1.807, 2.05) is 42.3 Å². The molecule has 2 aromatic rings. The van der Waals surface area contributed by atoms with Crippen LogP contribution in [0.25, 0.3) is 0 Å². The monoisotopic (exact) mass is 308 g/mol. The molecule has 2 rings (SSSR count). The maximum absolute atomic E-state index is 13.4. The van der Waals surface area contributed by atoms with Crippen molar-refractivity contribution in [2.24, 2.45) is 0 Å². The minimum atomic E-state index is -0.248. The fraction of sp³-hybridized carbons (Fsp3) is 0.143. The van der Waals surface area contributed by atoms with E-state index in [1.165, 1.54) is 6.07 Å². The number of para-hydroxylation sites is 2. The van der Waals surface area contributed by atoms with Gasteiger partial charge in [0.2, 0.25) is 0 Å². The Kier molecular flexibility index (Phi) is 3.87. The van der Waals surface area contributed by atoms with Crippen LogP contribution in [0.5, 0.6) is 0 Å². The molecule has 0 aliphatic carbocycles. The Morgan fingerprint density at radius 3 is 2.61 bits per heavy atom. The normalized spacial score (nSPS) is 10.4. The standard InChI is InChI=1S/C14H14BrFN2/c1-18(13-8-3-2-7-12(13)17)9-10-5-4-6-11(16)14(10)15/h2-8H,9,17H2,1H3. The summed E-state index contributed by atoms with van der Waals surface area (Å²) in [6.07, 6.45) is 0. The lowest BCUT2D eigenvalue weighted by Gasteiger charge is -2.21. The van der Waals surface area contributed by atoms with Crippen molar-refractivity contribution in [3.63, 3.8) is 0 Å². The van der Waals surface area contributed by atoms with Gasteiger partial charge in [-0.1, -0.05) is 24.3 Å². The number of benzene rings is 2. The Morgan fingerprint density at radius 2 is 1.89 bits per heavy atom. The SMILES string of the molecule is CN(Cc1cccc(F)c1Br)c1ccccc1N. The van der Waals surface area contributed by atoms with Crippen LogP contribution >= 0.6 is 15.9 Å². The van der Waals surface area contributed by atoms with Crippen LogP contribution in [-0.2, 0) is 6.54 Å². The summed E-state index contributed by atoms with van der Waals surface area (Å²) < 4.78 is 13.9. The first-order chi connectivity index (χ1) is 8.59. The van der Waals surface area contributed by atoms with E-state index in [0.29, 0.717) is 16.7 Å². The summed E-state index contributed by atoms with van der Waals surface area (Å²) >= 11 is 3.27. The highest BCUT2D eigenvalue weighted by atomic mass is 79.9. The maximum Gasteiger partial charge on any atom is 0.137 e. The second-order valence-electron chi connectivity index (χ2n) is 4.13. The Bertz CT molecular complexity index is 557. The molecule has 0 radical (unpaired) electrons. The molecule has 0 atom stereocenters. The van der Waals surface area contributed by atoms with Gasteiger partial charge in [-0.3, -0.25) is 0 Å². The molecule has 18 heavy (non-hydrogen) atoms. The van der Waals surface area contributed by atoms with Crippen LogP contribution in [0.4, 0.5) is 15.8 Å². The Hall–Kier alpha value is -1.55. The van der Waals surface area contributed by atoms with Gasteiger partial charge in [-0.05, 0) is 39.7 Å². The van der Waals surface area contributed by atoms with E-state index >= 15 is 0 Å². The highest BCUT2D eigenvalue weighted by Crippen LogP contribution is 2.26. The summed E-state index contributed by atoms with van der Waals surface area (Å²) in [4.78, 5) is 1.99. The number of nitrogens with two attached hydrogens (primary N) is 1. The van der Waals surface area contributed by atoms with Gasteiger partial charge in [0.1, 0.15) is 5.82 Å². The molecular formula is C14H14BrFN2. The molecule has 0 saturated carbocycles. The topological polar surface area (TPSA) is 29.3 Å². The van der Waals surface area contributed by atoms with Gasteiger partial charge in [-0.25, -0.2) is 4.39 Å². The minimum absolute atomic E-state index is 0.248. The predicted molar refractivity (Wildman–Crippen MR) is 77.1 cm³/mol. The smallest absolute Gasteiger partial charge is 0.137 e. The molecule has 0 spiro atoms. The largest absolute Gasteiger partial charge is 0.397 e. The van der Waals surface area contributed by atoms with Crippen molar-refractivity contribution in [2.75, 3.05) is 17.7 Å². The quantitative estimate of drug-likeness (QED) is 0.874. The van der Waals surface area contributed by atoms with Crippen LogP contribution < -0.4 is 10.6 Å². The molecule has 0 unspecified atom stereocenters. The van der Waals surface area contributed by atoms with Gasteiger partial charge < -0.3 is 10.6 Å². The first kappa shape index (κ1) is 12.9. The third kappa shape index (κ3) is 2.64. The van der Waals surface area contributed by atoms with E-state index in [2.05, 4.69) is 15.9 Å². The van der Waals surface area contributed by atoms with E-state index < -0.39 is 0 Å². The molecule has 0 amide bonds. The van der Waals surface area contributed by atoms with Crippen LogP contribution in [0.2, 0.25) is 0 Å². The molecule has 4 heteroatoms. The molecule has 0 saturated heterocycles. The van der Waals surface area contributed by atoms with Crippen LogP contribution in [0.15, 0.2) is 46.9 Å². The molecule has 0 fully saturated rings. The highest BCUT2D eigenvalue weighted by Gasteiger charge is 2.09. The van der Waals surface area contributed by atoms with Crippen LogP contribution in [0.1, 0.15) is 5.56 Å². The van der Waals surface area contributed by atoms with E-state index in [-0.39, 0.29) is 5.82 Å². The molecule has 0 heterocycles. The van der Waals surface area contributed by atoms with Crippen molar-refractivity contribution in [1.82, 2.24) is 0 Å². The second-order valence-corrected chi connectivity index (χ2v) is 4.92. The molecule has 2 N–H and O–H groups in total. The number of nitrogens with zero attached hydrogens (tertiary/aromatic N) is 1. The number of nitrogen functional groups attached to an aromatic ring is 1. The third-order valence-corrected chi connectivity index (χ3v) is 3.68. The Labute approximate surface area is 114 Å². The van der Waals surface area contributed by atoms with Crippen LogP contribution in [0.3, 0.4) is 0 Å². The zero-order valence-electron chi connectivity index (χ0n) is 10.0. The number of hydrogen-bond acceptors (Lipinski definition) is 2. The van der Waals surface area contributed by atoms with Gasteiger partial charge in [0.15, 0.2) is 0 Å². The lowest BCUT2D eigenvalue weighted by molar-refractivity contribution is 0.617. The summed E-state index contributed by atoms with van der Waals surface area (Å²) in [5.74, 6) is -0.248. The maximum atomic E-state index is 13.4. The van der Waals surface area contributed by atoms with Gasteiger partial charge in [0, 0.05) is 13.6 Å². The zero-order chi connectivity index (χ0) is 13.1. The second kappa shape index (κ2) is 5.40. The summed E-state index contributed by atoms with van der Waals surface area (Å²) in [7, 11) is 1.93. The lowest BCUT2D eigenvalue weighted by atomic mass is 10.2. The Morgan fingerprint density at radius 1 is 1.17 bits per heavy atom. The average Bonchev–Trinajstić information content (AvgIpc) is 2.35. The highest BCUT2D eigenvalue weighted by molar-refractivity contribution is 9.10. The molecule has 0 aromatic heterocycles. The summed E-state index contributed by atoms with van der Waals surface area (Å²) in [6, 6.07) is 12.7.